The highest BCUT2D eigenvalue weighted by Gasteiger charge is 2.17. The Morgan fingerprint density at radius 2 is 1.87 bits per heavy atom. The summed E-state index contributed by atoms with van der Waals surface area (Å²) in [5.74, 6) is 2.53. The van der Waals surface area contributed by atoms with Crippen molar-refractivity contribution in [1.82, 2.24) is 24.3 Å². The van der Waals surface area contributed by atoms with Crippen molar-refractivity contribution in [2.75, 3.05) is 27.4 Å². The van der Waals surface area contributed by atoms with Gasteiger partial charge in [0.15, 0.2) is 17.2 Å². The fourth-order valence-electron chi connectivity index (χ4n) is 4.57. The topological polar surface area (TPSA) is 106 Å². The molecule has 5 aromatic rings. The average Bonchev–Trinajstić information content (AvgIpc) is 3.52. The monoisotopic (exact) mass is 513 g/mol. The molecule has 0 radical (unpaired) electrons. The van der Waals surface area contributed by atoms with Crippen molar-refractivity contribution in [2.45, 2.75) is 19.4 Å². The lowest BCUT2D eigenvalue weighted by atomic mass is 10.1. The lowest BCUT2D eigenvalue weighted by molar-refractivity contribution is 0.221. The van der Waals surface area contributed by atoms with Crippen LogP contribution in [0.15, 0.2) is 61.2 Å². The first-order valence-corrected chi connectivity index (χ1v) is 12.3. The van der Waals surface area contributed by atoms with Crippen LogP contribution in [0.4, 0.5) is 0 Å². The summed E-state index contributed by atoms with van der Waals surface area (Å²) in [4.78, 5) is 9.05. The molecular formula is C28H27N5O5. The number of pyridine rings is 2. The number of hydrogen-bond acceptors (Lipinski definition) is 8. The number of fused-ring (bicyclic) bond motifs is 2. The molecule has 0 bridgehead atoms. The molecule has 0 atom stereocenters. The third-order valence-electron chi connectivity index (χ3n) is 6.51. The van der Waals surface area contributed by atoms with E-state index in [9.17, 15) is 5.11 Å². The van der Waals surface area contributed by atoms with Crippen LogP contribution < -0.4 is 18.9 Å². The van der Waals surface area contributed by atoms with E-state index in [0.717, 1.165) is 35.5 Å². The van der Waals surface area contributed by atoms with Gasteiger partial charge < -0.3 is 24.1 Å². The number of ether oxygens (including phenoxy) is 4. The van der Waals surface area contributed by atoms with E-state index in [1.807, 2.05) is 47.3 Å². The normalized spacial score (nSPS) is 13.2. The highest BCUT2D eigenvalue weighted by Crippen LogP contribution is 2.35. The maximum absolute atomic E-state index is 11.0. The Labute approximate surface area is 219 Å². The van der Waals surface area contributed by atoms with Crippen LogP contribution in [0.25, 0.3) is 27.8 Å². The van der Waals surface area contributed by atoms with Crippen LogP contribution >= 0.6 is 0 Å². The van der Waals surface area contributed by atoms with Crippen LogP contribution in [-0.2, 0) is 6.54 Å². The van der Waals surface area contributed by atoms with Crippen LogP contribution in [0.5, 0.6) is 29.0 Å². The summed E-state index contributed by atoms with van der Waals surface area (Å²) >= 11 is 0. The highest BCUT2D eigenvalue weighted by molar-refractivity contribution is 5.87. The van der Waals surface area contributed by atoms with Gasteiger partial charge in [0.1, 0.15) is 0 Å². The smallest absolute Gasteiger partial charge is 0.256 e. The number of aromatic hydroxyl groups is 1. The van der Waals surface area contributed by atoms with E-state index < -0.39 is 0 Å². The molecule has 0 aliphatic carbocycles. The quantitative estimate of drug-likeness (QED) is 0.351. The van der Waals surface area contributed by atoms with E-state index in [1.54, 1.807) is 37.4 Å². The van der Waals surface area contributed by atoms with Gasteiger partial charge in [-0.2, -0.15) is 5.10 Å². The summed E-state index contributed by atoms with van der Waals surface area (Å²) in [5, 5.41) is 16.1. The van der Waals surface area contributed by atoms with Gasteiger partial charge >= 0.3 is 0 Å². The average molecular weight is 514 g/mol. The zero-order valence-electron chi connectivity index (χ0n) is 21.1. The molecule has 5 heterocycles. The van der Waals surface area contributed by atoms with Crippen molar-refractivity contribution in [3.8, 4) is 46.0 Å². The number of hydrogen-bond donors (Lipinski definition) is 1. The van der Waals surface area contributed by atoms with Crippen LogP contribution in [0.3, 0.4) is 0 Å². The van der Waals surface area contributed by atoms with Gasteiger partial charge in [0.05, 0.1) is 62.5 Å². The molecule has 10 heteroatoms. The second-order valence-electron chi connectivity index (χ2n) is 8.93. The Morgan fingerprint density at radius 3 is 2.71 bits per heavy atom. The number of methoxy groups -OCH3 is 2. The molecule has 0 fully saturated rings. The zero-order chi connectivity index (χ0) is 26.1. The van der Waals surface area contributed by atoms with E-state index in [-0.39, 0.29) is 5.88 Å². The number of rotatable bonds is 6. The third kappa shape index (κ3) is 4.34. The van der Waals surface area contributed by atoms with E-state index >= 15 is 0 Å². The molecule has 1 N–H and O–H groups in total. The predicted molar refractivity (Wildman–Crippen MR) is 141 cm³/mol. The Balaban J connectivity index is 1.29. The minimum Gasteiger partial charge on any atom is -0.494 e. The van der Waals surface area contributed by atoms with Gasteiger partial charge in [-0.1, -0.05) is 12.1 Å². The predicted octanol–water partition coefficient (Wildman–Crippen LogP) is 4.61. The lowest BCUT2D eigenvalue weighted by Gasteiger charge is -2.19. The molecule has 6 rings (SSSR count). The second-order valence-corrected chi connectivity index (χ2v) is 8.93. The number of nitrogens with zero attached hydrogens (tertiary/aromatic N) is 5. The molecule has 38 heavy (non-hydrogen) atoms. The molecule has 0 unspecified atom stereocenters. The lowest BCUT2D eigenvalue weighted by Crippen LogP contribution is -2.11. The van der Waals surface area contributed by atoms with E-state index in [2.05, 4.69) is 10.1 Å². The summed E-state index contributed by atoms with van der Waals surface area (Å²) in [6, 6.07) is 11.4. The van der Waals surface area contributed by atoms with Crippen molar-refractivity contribution >= 4 is 10.9 Å². The standard InChI is InChI=1S/C28H27N5O5/c1-35-25-12-19(13-29-27(25)36-2)22-9-8-21-23(31-22)17-33(28(21)34)20-14-30-32(16-20)15-18-6-5-7-24-26(18)38-11-4-3-10-37-24/h5-9,12-14,16-17,34H,3-4,10-11,15H2,1-2H3. The summed E-state index contributed by atoms with van der Waals surface area (Å²) in [6.45, 7) is 1.85. The summed E-state index contributed by atoms with van der Waals surface area (Å²) in [5.41, 5.74) is 3.80. The van der Waals surface area contributed by atoms with Gasteiger partial charge in [0.2, 0.25) is 5.88 Å². The molecule has 10 nitrogen and oxygen atoms in total. The number of benzene rings is 1. The van der Waals surface area contributed by atoms with E-state index in [0.29, 0.717) is 53.7 Å². The maximum Gasteiger partial charge on any atom is 0.256 e. The molecular weight excluding hydrogens is 486 g/mol. The Morgan fingerprint density at radius 1 is 1.00 bits per heavy atom. The van der Waals surface area contributed by atoms with Gasteiger partial charge in [-0.25, -0.2) is 9.97 Å². The third-order valence-corrected chi connectivity index (χ3v) is 6.51. The molecule has 0 saturated carbocycles. The van der Waals surface area contributed by atoms with Crippen LogP contribution in [0.2, 0.25) is 0 Å². The largest absolute Gasteiger partial charge is 0.494 e. The zero-order valence-corrected chi connectivity index (χ0v) is 21.1. The summed E-state index contributed by atoms with van der Waals surface area (Å²) < 4.78 is 26.0. The van der Waals surface area contributed by atoms with Crippen molar-refractivity contribution < 1.29 is 24.1 Å². The van der Waals surface area contributed by atoms with Gasteiger partial charge in [-0.05, 0) is 37.1 Å². The van der Waals surface area contributed by atoms with E-state index in [4.69, 9.17) is 23.9 Å². The van der Waals surface area contributed by atoms with Crippen molar-refractivity contribution in [2.24, 2.45) is 0 Å². The van der Waals surface area contributed by atoms with Gasteiger partial charge in [-0.15, -0.1) is 0 Å². The molecule has 0 saturated heterocycles. The maximum atomic E-state index is 11.0. The summed E-state index contributed by atoms with van der Waals surface area (Å²) in [6.07, 6.45) is 8.99. The van der Waals surface area contributed by atoms with Gasteiger partial charge in [-0.3, -0.25) is 9.25 Å². The first-order chi connectivity index (χ1) is 18.6. The molecule has 4 aromatic heterocycles. The first-order valence-electron chi connectivity index (χ1n) is 12.3. The molecule has 194 valence electrons. The summed E-state index contributed by atoms with van der Waals surface area (Å²) in [7, 11) is 3.11. The minimum atomic E-state index is 0.0885. The van der Waals surface area contributed by atoms with E-state index in [1.165, 1.54) is 0 Å². The van der Waals surface area contributed by atoms with Crippen molar-refractivity contribution in [3.05, 3.63) is 66.7 Å². The molecule has 1 aliphatic rings. The second kappa shape index (κ2) is 9.97. The number of para-hydroxylation sites is 1. The molecule has 1 aliphatic heterocycles. The van der Waals surface area contributed by atoms with Crippen LogP contribution in [-0.4, -0.2) is 56.9 Å². The van der Waals surface area contributed by atoms with Crippen LogP contribution in [0, 0.1) is 0 Å². The molecule has 0 amide bonds. The molecule has 1 aromatic carbocycles. The van der Waals surface area contributed by atoms with Crippen LogP contribution in [0.1, 0.15) is 18.4 Å². The minimum absolute atomic E-state index is 0.0885. The van der Waals surface area contributed by atoms with Gasteiger partial charge in [0.25, 0.3) is 5.88 Å². The van der Waals surface area contributed by atoms with Gasteiger partial charge in [0, 0.05) is 29.7 Å². The van der Waals surface area contributed by atoms with Crippen molar-refractivity contribution in [3.63, 3.8) is 0 Å². The Hall–Kier alpha value is -4.73. The molecule has 0 spiro atoms. The fourth-order valence-corrected chi connectivity index (χ4v) is 4.57. The fraction of sp³-hybridized carbons (Fsp3) is 0.250. The Kier molecular flexibility index (Phi) is 6.20. The number of aromatic nitrogens is 5. The first kappa shape index (κ1) is 23.7. The SMILES string of the molecule is COc1cc(-c2ccc3c(O)n(-c4cnn(Cc5cccc6c5OCCCCO6)c4)cc3n2)cnc1OC. The highest BCUT2D eigenvalue weighted by atomic mass is 16.5. The van der Waals surface area contributed by atoms with Crippen molar-refractivity contribution in [1.29, 1.82) is 0 Å². The Bertz CT molecular complexity index is 1610.